The largest absolute Gasteiger partial charge is 0.364 e. The third-order valence-electron chi connectivity index (χ3n) is 3.52. The molecule has 3 rings (SSSR count). The fraction of sp³-hybridized carbons (Fsp3) is 0.417. The molecule has 0 bridgehead atoms. The number of halogens is 1. The maximum atomic E-state index is 11.9. The summed E-state index contributed by atoms with van der Waals surface area (Å²) in [7, 11) is -3.06. The van der Waals surface area contributed by atoms with Crippen molar-refractivity contribution < 1.29 is 13.2 Å². The van der Waals surface area contributed by atoms with E-state index in [4.69, 9.17) is 11.6 Å². The van der Waals surface area contributed by atoms with Crippen molar-refractivity contribution >= 4 is 38.7 Å². The molecule has 1 N–H and O–H groups in total. The van der Waals surface area contributed by atoms with Crippen LogP contribution >= 0.6 is 11.6 Å². The van der Waals surface area contributed by atoms with Gasteiger partial charge < -0.3 is 10.2 Å². The molecule has 1 unspecified atom stereocenters. The highest BCUT2D eigenvalue weighted by atomic mass is 35.5. The molecule has 102 valence electrons. The van der Waals surface area contributed by atoms with Gasteiger partial charge in [-0.3, -0.25) is 4.79 Å². The first-order valence-electron chi connectivity index (χ1n) is 6.02. The molecule has 0 radical (unpaired) electrons. The Hall–Kier alpha value is -1.27. The van der Waals surface area contributed by atoms with Crippen LogP contribution in [0.1, 0.15) is 6.42 Å². The lowest BCUT2D eigenvalue weighted by atomic mass is 10.1. The molecule has 1 saturated heterocycles. The second-order valence-corrected chi connectivity index (χ2v) is 7.48. The van der Waals surface area contributed by atoms with Crippen LogP contribution in [0.25, 0.3) is 0 Å². The highest BCUT2D eigenvalue weighted by Crippen LogP contribution is 2.38. The predicted molar refractivity (Wildman–Crippen MR) is 74.5 cm³/mol. The van der Waals surface area contributed by atoms with Crippen LogP contribution in [0.4, 0.5) is 11.4 Å². The van der Waals surface area contributed by atoms with Crippen LogP contribution in [0.2, 0.25) is 5.02 Å². The second-order valence-electron chi connectivity index (χ2n) is 4.85. The molecule has 2 aliphatic rings. The van der Waals surface area contributed by atoms with Gasteiger partial charge in [0.2, 0.25) is 5.91 Å². The van der Waals surface area contributed by atoms with E-state index in [1.54, 1.807) is 12.1 Å². The van der Waals surface area contributed by atoms with Gasteiger partial charge in [-0.2, -0.15) is 0 Å². The van der Waals surface area contributed by atoms with Gasteiger partial charge >= 0.3 is 0 Å². The number of para-hydroxylation sites is 1. The molecule has 5 nitrogen and oxygen atoms in total. The molecule has 7 heteroatoms. The van der Waals surface area contributed by atoms with E-state index in [9.17, 15) is 13.2 Å². The van der Waals surface area contributed by atoms with E-state index in [0.717, 1.165) is 5.69 Å². The standard InChI is InChI=1S/C12H13ClN2O3S/c13-9-2-1-3-10-12(9)14-11(16)6-8-7-19(17,18)5-4-15(8)10/h1-3,8H,4-7H2,(H,14,16). The number of carbonyl (C=O) groups is 1. The van der Waals surface area contributed by atoms with E-state index < -0.39 is 9.84 Å². The summed E-state index contributed by atoms with van der Waals surface area (Å²) in [4.78, 5) is 13.8. The van der Waals surface area contributed by atoms with Gasteiger partial charge in [0, 0.05) is 13.0 Å². The first-order valence-corrected chi connectivity index (χ1v) is 8.22. The fourth-order valence-electron chi connectivity index (χ4n) is 2.65. The minimum atomic E-state index is -3.06. The summed E-state index contributed by atoms with van der Waals surface area (Å²) in [5.74, 6) is -0.0605. The smallest absolute Gasteiger partial charge is 0.226 e. The first kappa shape index (κ1) is 12.7. The zero-order valence-corrected chi connectivity index (χ0v) is 11.7. The maximum absolute atomic E-state index is 11.9. The van der Waals surface area contributed by atoms with Gasteiger partial charge in [0.25, 0.3) is 0 Å². The molecular weight excluding hydrogens is 288 g/mol. The zero-order valence-electron chi connectivity index (χ0n) is 10.1. The number of amides is 1. The van der Waals surface area contributed by atoms with E-state index in [0.29, 0.717) is 17.3 Å². The van der Waals surface area contributed by atoms with Crippen LogP contribution in [0, 0.1) is 0 Å². The van der Waals surface area contributed by atoms with E-state index in [2.05, 4.69) is 5.32 Å². The monoisotopic (exact) mass is 300 g/mol. The Morgan fingerprint density at radius 1 is 1.37 bits per heavy atom. The fourth-order valence-corrected chi connectivity index (χ4v) is 4.40. The lowest BCUT2D eigenvalue weighted by Gasteiger charge is -2.35. The number of nitrogens with one attached hydrogen (secondary N) is 1. The summed E-state index contributed by atoms with van der Waals surface area (Å²) >= 11 is 6.11. The Morgan fingerprint density at radius 2 is 2.16 bits per heavy atom. The summed E-state index contributed by atoms with van der Waals surface area (Å²) in [5.41, 5.74) is 1.38. The topological polar surface area (TPSA) is 66.5 Å². The molecule has 0 spiro atoms. The molecule has 1 amide bonds. The van der Waals surface area contributed by atoms with Crippen molar-refractivity contribution in [3.63, 3.8) is 0 Å². The lowest BCUT2D eigenvalue weighted by molar-refractivity contribution is -0.116. The van der Waals surface area contributed by atoms with Gasteiger partial charge in [0.1, 0.15) is 0 Å². The SMILES string of the molecule is O=C1CC2CS(=O)(=O)CCN2c2cccc(Cl)c2N1. The first-order chi connectivity index (χ1) is 8.96. The minimum absolute atomic E-state index is 0.0202. The molecule has 0 aromatic heterocycles. The van der Waals surface area contributed by atoms with Crippen molar-refractivity contribution in [2.75, 3.05) is 28.3 Å². The van der Waals surface area contributed by atoms with Crippen molar-refractivity contribution in [3.05, 3.63) is 23.2 Å². The molecule has 1 fully saturated rings. The third kappa shape index (κ3) is 2.30. The molecule has 2 heterocycles. The Morgan fingerprint density at radius 3 is 2.95 bits per heavy atom. The Bertz CT molecular complexity index is 644. The van der Waals surface area contributed by atoms with Crippen LogP contribution in [-0.2, 0) is 14.6 Å². The van der Waals surface area contributed by atoms with E-state index in [1.165, 1.54) is 0 Å². The number of rotatable bonds is 0. The molecule has 19 heavy (non-hydrogen) atoms. The van der Waals surface area contributed by atoms with Gasteiger partial charge in [0.15, 0.2) is 9.84 Å². The number of fused-ring (bicyclic) bond motifs is 3. The molecular formula is C12H13ClN2O3S. The average molecular weight is 301 g/mol. The molecule has 2 aliphatic heterocycles. The van der Waals surface area contributed by atoms with Crippen LogP contribution in [0.15, 0.2) is 18.2 Å². The summed E-state index contributed by atoms with van der Waals surface area (Å²) in [6.45, 7) is 0.398. The average Bonchev–Trinajstić information content (AvgIpc) is 2.44. The van der Waals surface area contributed by atoms with E-state index in [1.807, 2.05) is 11.0 Å². The molecule has 1 aromatic rings. The Labute approximate surface area is 116 Å². The number of benzene rings is 1. The van der Waals surface area contributed by atoms with Gasteiger partial charge in [-0.05, 0) is 12.1 Å². The van der Waals surface area contributed by atoms with Crippen molar-refractivity contribution in [3.8, 4) is 0 Å². The third-order valence-corrected chi connectivity index (χ3v) is 5.53. The van der Waals surface area contributed by atoms with Crippen LogP contribution in [-0.4, -0.2) is 38.4 Å². The van der Waals surface area contributed by atoms with Crippen molar-refractivity contribution in [1.29, 1.82) is 0 Å². The van der Waals surface area contributed by atoms with E-state index >= 15 is 0 Å². The van der Waals surface area contributed by atoms with Gasteiger partial charge in [-0.25, -0.2) is 8.42 Å². The van der Waals surface area contributed by atoms with Crippen molar-refractivity contribution in [2.24, 2.45) is 0 Å². The number of carbonyl (C=O) groups excluding carboxylic acids is 1. The minimum Gasteiger partial charge on any atom is -0.364 e. The molecule has 1 aromatic carbocycles. The maximum Gasteiger partial charge on any atom is 0.226 e. The highest BCUT2D eigenvalue weighted by molar-refractivity contribution is 7.91. The predicted octanol–water partition coefficient (Wildman–Crippen LogP) is 1.29. The number of sulfone groups is 1. The van der Waals surface area contributed by atoms with Crippen molar-refractivity contribution in [1.82, 2.24) is 0 Å². The van der Waals surface area contributed by atoms with E-state index in [-0.39, 0.29) is 29.9 Å². The van der Waals surface area contributed by atoms with Gasteiger partial charge in [-0.15, -0.1) is 0 Å². The summed E-state index contributed by atoms with van der Waals surface area (Å²) in [6.07, 6.45) is 0.171. The second kappa shape index (κ2) is 4.38. The Balaban J connectivity index is 2.09. The quantitative estimate of drug-likeness (QED) is 0.784. The highest BCUT2D eigenvalue weighted by Gasteiger charge is 2.36. The van der Waals surface area contributed by atoms with Crippen molar-refractivity contribution in [2.45, 2.75) is 12.5 Å². The van der Waals surface area contributed by atoms with Gasteiger partial charge in [0.05, 0.1) is 33.9 Å². The lowest BCUT2D eigenvalue weighted by Crippen LogP contribution is -2.48. The number of anilines is 2. The molecule has 0 saturated carbocycles. The Kier molecular flexibility index (Phi) is 2.94. The van der Waals surface area contributed by atoms with Crippen LogP contribution in [0.3, 0.4) is 0 Å². The number of hydrogen-bond acceptors (Lipinski definition) is 4. The molecule has 0 aliphatic carbocycles. The normalized spacial score (nSPS) is 25.0. The van der Waals surface area contributed by atoms with Crippen LogP contribution in [0.5, 0.6) is 0 Å². The van der Waals surface area contributed by atoms with Gasteiger partial charge in [-0.1, -0.05) is 17.7 Å². The summed E-state index contributed by atoms with van der Waals surface area (Å²) in [5, 5.41) is 3.24. The summed E-state index contributed by atoms with van der Waals surface area (Å²) in [6, 6.07) is 5.07. The molecule has 1 atom stereocenters. The summed E-state index contributed by atoms with van der Waals surface area (Å²) < 4.78 is 23.4. The number of hydrogen-bond donors (Lipinski definition) is 1. The number of nitrogens with zero attached hydrogens (tertiary/aromatic N) is 1. The zero-order chi connectivity index (χ0) is 13.6. The van der Waals surface area contributed by atoms with Crippen LogP contribution < -0.4 is 10.2 Å².